The summed E-state index contributed by atoms with van der Waals surface area (Å²) in [6, 6.07) is 11.9. The Balaban J connectivity index is 1.78. The Morgan fingerprint density at radius 2 is 1.04 bits per heavy atom. The second kappa shape index (κ2) is 7.66. The lowest BCUT2D eigenvalue weighted by Crippen LogP contribution is -2.01. The van der Waals surface area contributed by atoms with E-state index >= 15 is 0 Å². The maximum atomic E-state index is 6.29. The van der Waals surface area contributed by atoms with Crippen molar-refractivity contribution < 1.29 is 23.7 Å². The molecule has 2 atom stereocenters. The van der Waals surface area contributed by atoms with Crippen molar-refractivity contribution in [2.45, 2.75) is 25.0 Å². The minimum absolute atomic E-state index is 0.0397. The van der Waals surface area contributed by atoms with Crippen LogP contribution in [0.3, 0.4) is 0 Å². The lowest BCUT2D eigenvalue weighted by atomic mass is 10.0. The largest absolute Gasteiger partial charge is 0.493 e. The van der Waals surface area contributed by atoms with Crippen LogP contribution < -0.4 is 18.9 Å². The average Bonchev–Trinajstić information content (AvgIpc) is 3.17. The highest BCUT2D eigenvalue weighted by Gasteiger charge is 2.29. The predicted octanol–water partition coefficient (Wildman–Crippen LogP) is 4.31. The molecule has 0 radical (unpaired) electrons. The third-order valence-corrected chi connectivity index (χ3v) is 4.58. The summed E-state index contributed by atoms with van der Waals surface area (Å²) < 4.78 is 27.7. The molecule has 0 aliphatic carbocycles. The highest BCUT2D eigenvalue weighted by atomic mass is 16.5. The van der Waals surface area contributed by atoms with E-state index in [1.807, 2.05) is 36.4 Å². The van der Waals surface area contributed by atoms with Gasteiger partial charge in [0.1, 0.15) is 0 Å². The number of benzene rings is 2. The molecule has 1 aliphatic rings. The highest BCUT2D eigenvalue weighted by Crippen LogP contribution is 2.44. The molecule has 0 aromatic heterocycles. The van der Waals surface area contributed by atoms with E-state index in [1.165, 1.54) is 0 Å². The summed E-state index contributed by atoms with van der Waals surface area (Å²) >= 11 is 0. The topological polar surface area (TPSA) is 46.2 Å². The van der Waals surface area contributed by atoms with Crippen LogP contribution in [0.1, 0.15) is 36.2 Å². The molecule has 2 aromatic carbocycles. The molecule has 2 aromatic rings. The fraction of sp³-hybridized carbons (Fsp3) is 0.400. The molecule has 5 nitrogen and oxygen atoms in total. The molecule has 5 heteroatoms. The molecule has 1 aliphatic heterocycles. The first kappa shape index (κ1) is 17.4. The van der Waals surface area contributed by atoms with Gasteiger partial charge < -0.3 is 23.7 Å². The summed E-state index contributed by atoms with van der Waals surface area (Å²) in [5.41, 5.74) is 2.20. The van der Waals surface area contributed by atoms with E-state index in [4.69, 9.17) is 23.7 Å². The number of hydrogen-bond donors (Lipinski definition) is 0. The van der Waals surface area contributed by atoms with Gasteiger partial charge in [-0.05, 0) is 48.2 Å². The molecule has 0 bridgehead atoms. The molecule has 134 valence electrons. The molecular weight excluding hydrogens is 320 g/mol. The van der Waals surface area contributed by atoms with Crippen LogP contribution in [0.15, 0.2) is 36.4 Å². The van der Waals surface area contributed by atoms with Gasteiger partial charge in [0, 0.05) is 0 Å². The monoisotopic (exact) mass is 344 g/mol. The summed E-state index contributed by atoms with van der Waals surface area (Å²) in [5.74, 6) is 2.89. The van der Waals surface area contributed by atoms with Crippen molar-refractivity contribution in [3.8, 4) is 23.0 Å². The molecule has 1 fully saturated rings. The van der Waals surface area contributed by atoms with Gasteiger partial charge in [-0.25, -0.2) is 0 Å². The van der Waals surface area contributed by atoms with Crippen LogP contribution in [-0.4, -0.2) is 28.4 Å². The minimum atomic E-state index is 0.0397. The summed E-state index contributed by atoms with van der Waals surface area (Å²) in [4.78, 5) is 0. The third-order valence-electron chi connectivity index (χ3n) is 4.58. The van der Waals surface area contributed by atoms with E-state index in [0.717, 1.165) is 47.0 Å². The second-order valence-electron chi connectivity index (χ2n) is 5.92. The lowest BCUT2D eigenvalue weighted by Gasteiger charge is -2.17. The van der Waals surface area contributed by atoms with Gasteiger partial charge in [0.2, 0.25) is 0 Å². The van der Waals surface area contributed by atoms with Gasteiger partial charge in [-0.1, -0.05) is 12.1 Å². The van der Waals surface area contributed by atoms with Crippen LogP contribution in [0.4, 0.5) is 0 Å². The Bertz CT molecular complexity index is 667. The second-order valence-corrected chi connectivity index (χ2v) is 5.92. The SMILES string of the molecule is COc1ccc([C@@H]2CC[C@@H](c3ccc(OC)c(OC)c3)O2)cc1OC. The zero-order valence-electron chi connectivity index (χ0n) is 15.1. The van der Waals surface area contributed by atoms with Crippen molar-refractivity contribution in [2.24, 2.45) is 0 Å². The molecular formula is C20H24O5. The molecule has 25 heavy (non-hydrogen) atoms. The van der Waals surface area contributed by atoms with Crippen molar-refractivity contribution in [1.82, 2.24) is 0 Å². The van der Waals surface area contributed by atoms with Gasteiger partial charge in [0.25, 0.3) is 0 Å². The first-order valence-corrected chi connectivity index (χ1v) is 8.29. The zero-order chi connectivity index (χ0) is 17.8. The van der Waals surface area contributed by atoms with Gasteiger partial charge in [-0.15, -0.1) is 0 Å². The van der Waals surface area contributed by atoms with Crippen molar-refractivity contribution in [1.29, 1.82) is 0 Å². The summed E-state index contributed by atoms with van der Waals surface area (Å²) in [6.07, 6.45) is 1.99. The van der Waals surface area contributed by atoms with Gasteiger partial charge in [-0.3, -0.25) is 0 Å². The first-order chi connectivity index (χ1) is 12.2. The molecule has 1 heterocycles. The average molecular weight is 344 g/mol. The summed E-state index contributed by atoms with van der Waals surface area (Å²) in [6.45, 7) is 0. The molecule has 0 saturated carbocycles. The van der Waals surface area contributed by atoms with E-state index in [0.29, 0.717) is 0 Å². The van der Waals surface area contributed by atoms with E-state index in [9.17, 15) is 0 Å². The van der Waals surface area contributed by atoms with Crippen molar-refractivity contribution in [3.63, 3.8) is 0 Å². The first-order valence-electron chi connectivity index (χ1n) is 8.29. The highest BCUT2D eigenvalue weighted by molar-refractivity contribution is 5.45. The smallest absolute Gasteiger partial charge is 0.161 e. The van der Waals surface area contributed by atoms with E-state index in [-0.39, 0.29) is 12.2 Å². The molecule has 1 saturated heterocycles. The zero-order valence-corrected chi connectivity index (χ0v) is 15.1. The van der Waals surface area contributed by atoms with Gasteiger partial charge in [0.15, 0.2) is 23.0 Å². The number of methoxy groups -OCH3 is 4. The molecule has 0 N–H and O–H groups in total. The molecule has 0 amide bonds. The van der Waals surface area contributed by atoms with Crippen LogP contribution in [0, 0.1) is 0 Å². The van der Waals surface area contributed by atoms with Crippen LogP contribution in [0.2, 0.25) is 0 Å². The summed E-state index contributed by atoms with van der Waals surface area (Å²) in [5, 5.41) is 0. The Hall–Kier alpha value is -2.40. The fourth-order valence-electron chi connectivity index (χ4n) is 3.23. The maximum absolute atomic E-state index is 6.29. The normalized spacial score (nSPS) is 19.5. The maximum Gasteiger partial charge on any atom is 0.161 e. The molecule has 0 unspecified atom stereocenters. The van der Waals surface area contributed by atoms with E-state index < -0.39 is 0 Å². The summed E-state index contributed by atoms with van der Waals surface area (Å²) in [7, 11) is 6.56. The third kappa shape index (κ3) is 3.51. The van der Waals surface area contributed by atoms with Crippen molar-refractivity contribution >= 4 is 0 Å². The minimum Gasteiger partial charge on any atom is -0.493 e. The lowest BCUT2D eigenvalue weighted by molar-refractivity contribution is 0.0438. The van der Waals surface area contributed by atoms with Gasteiger partial charge in [0.05, 0.1) is 40.6 Å². The van der Waals surface area contributed by atoms with Crippen LogP contribution in [0.5, 0.6) is 23.0 Å². The standard InChI is InChI=1S/C20H24O5/c1-21-17-7-5-13(11-19(17)23-3)15-9-10-16(25-15)14-6-8-18(22-2)20(12-14)24-4/h5-8,11-12,15-16H,9-10H2,1-4H3/t15-,16-/m0/s1. The number of ether oxygens (including phenoxy) is 5. The molecule has 0 spiro atoms. The van der Waals surface area contributed by atoms with Crippen LogP contribution in [0.25, 0.3) is 0 Å². The van der Waals surface area contributed by atoms with Crippen molar-refractivity contribution in [2.75, 3.05) is 28.4 Å². The van der Waals surface area contributed by atoms with Gasteiger partial charge in [-0.2, -0.15) is 0 Å². The number of rotatable bonds is 6. The van der Waals surface area contributed by atoms with Crippen LogP contribution >= 0.6 is 0 Å². The van der Waals surface area contributed by atoms with Crippen molar-refractivity contribution in [3.05, 3.63) is 47.5 Å². The number of hydrogen-bond acceptors (Lipinski definition) is 5. The Labute approximate surface area is 148 Å². The van der Waals surface area contributed by atoms with E-state index in [1.54, 1.807) is 28.4 Å². The van der Waals surface area contributed by atoms with E-state index in [2.05, 4.69) is 0 Å². The predicted molar refractivity (Wildman–Crippen MR) is 94.9 cm³/mol. The molecule has 3 rings (SSSR count). The Morgan fingerprint density at radius 3 is 1.40 bits per heavy atom. The Kier molecular flexibility index (Phi) is 5.34. The fourth-order valence-corrected chi connectivity index (χ4v) is 3.23. The van der Waals surface area contributed by atoms with Crippen LogP contribution in [-0.2, 0) is 4.74 Å². The quantitative estimate of drug-likeness (QED) is 0.781. The van der Waals surface area contributed by atoms with Gasteiger partial charge >= 0.3 is 0 Å². The Morgan fingerprint density at radius 1 is 0.640 bits per heavy atom.